The number of benzene rings is 1. The number of nitrogens with two attached hydrogens (primary N) is 1. The van der Waals surface area contributed by atoms with Gasteiger partial charge in [0.15, 0.2) is 0 Å². The molecule has 0 saturated heterocycles. The highest BCUT2D eigenvalue weighted by atomic mass is 32.2. The van der Waals surface area contributed by atoms with Crippen molar-refractivity contribution in [3.8, 4) is 0 Å². The van der Waals surface area contributed by atoms with Gasteiger partial charge in [-0.3, -0.25) is 0 Å². The van der Waals surface area contributed by atoms with E-state index in [9.17, 15) is 8.42 Å². The maximum absolute atomic E-state index is 11.2. The Hall–Kier alpha value is -1.51. The minimum Gasteiger partial charge on any atom is -0.360 e. The first kappa shape index (κ1) is 16.9. The van der Waals surface area contributed by atoms with E-state index in [0.717, 1.165) is 22.9 Å². The van der Waals surface area contributed by atoms with Gasteiger partial charge in [0, 0.05) is 23.5 Å². The number of hydrogen-bond acceptors (Lipinski definition) is 6. The zero-order valence-corrected chi connectivity index (χ0v) is 14.5. The summed E-state index contributed by atoms with van der Waals surface area (Å²) in [7, 11) is -3.63. The number of rotatable bonds is 5. The average molecular weight is 340 g/mol. The molecule has 0 bridgehead atoms. The van der Waals surface area contributed by atoms with Crippen LogP contribution in [0.3, 0.4) is 0 Å². The van der Waals surface area contributed by atoms with Crippen LogP contribution >= 0.6 is 11.5 Å². The van der Waals surface area contributed by atoms with Crippen molar-refractivity contribution in [3.63, 3.8) is 0 Å². The fraction of sp³-hybridized carbons (Fsp3) is 0.429. The van der Waals surface area contributed by atoms with E-state index >= 15 is 0 Å². The van der Waals surface area contributed by atoms with Crippen molar-refractivity contribution in [2.75, 3.05) is 11.9 Å². The lowest BCUT2D eigenvalue weighted by molar-refractivity contribution is 0.555. The summed E-state index contributed by atoms with van der Waals surface area (Å²) >= 11 is 1.35. The molecule has 3 N–H and O–H groups in total. The van der Waals surface area contributed by atoms with Crippen molar-refractivity contribution in [2.45, 2.75) is 37.5 Å². The molecule has 0 saturated carbocycles. The molecule has 2 aromatic rings. The molecule has 8 heteroatoms. The maximum Gasteiger partial charge on any atom is 0.238 e. The van der Waals surface area contributed by atoms with Gasteiger partial charge in [-0.15, -0.1) is 0 Å². The molecule has 2 rings (SSSR count). The number of aromatic nitrogens is 2. The fourth-order valence-electron chi connectivity index (χ4n) is 1.76. The summed E-state index contributed by atoms with van der Waals surface area (Å²) in [5.41, 5.74) is 0.973. The number of nitrogens with one attached hydrogen (secondary N) is 1. The SMILES string of the molecule is CC(C)(C)c1nsc(NCCc2ccc(S(N)(=O)=O)cc2)n1. The highest BCUT2D eigenvalue weighted by molar-refractivity contribution is 7.89. The molecule has 1 aromatic heterocycles. The highest BCUT2D eigenvalue weighted by Gasteiger charge is 2.19. The van der Waals surface area contributed by atoms with E-state index in [4.69, 9.17) is 5.14 Å². The number of primary sulfonamides is 1. The molecule has 0 aliphatic rings. The van der Waals surface area contributed by atoms with Gasteiger partial charge in [-0.25, -0.2) is 18.5 Å². The maximum atomic E-state index is 11.2. The first-order valence-electron chi connectivity index (χ1n) is 6.86. The zero-order valence-electron chi connectivity index (χ0n) is 12.8. The third kappa shape index (κ3) is 4.49. The molecule has 0 radical (unpaired) electrons. The van der Waals surface area contributed by atoms with Crippen molar-refractivity contribution in [1.29, 1.82) is 0 Å². The molecule has 0 amide bonds. The normalized spacial score (nSPS) is 12.4. The first-order valence-corrected chi connectivity index (χ1v) is 9.18. The number of hydrogen-bond donors (Lipinski definition) is 2. The summed E-state index contributed by atoms with van der Waals surface area (Å²) < 4.78 is 26.7. The van der Waals surface area contributed by atoms with Crippen LogP contribution in [0.1, 0.15) is 32.2 Å². The van der Waals surface area contributed by atoms with Crippen LogP contribution < -0.4 is 10.5 Å². The van der Waals surface area contributed by atoms with Crippen molar-refractivity contribution < 1.29 is 8.42 Å². The molecule has 6 nitrogen and oxygen atoms in total. The molecular formula is C14H20N4O2S2. The summed E-state index contributed by atoms with van der Waals surface area (Å²) in [4.78, 5) is 4.59. The number of anilines is 1. The predicted molar refractivity (Wildman–Crippen MR) is 88.6 cm³/mol. The summed E-state index contributed by atoms with van der Waals surface area (Å²) in [5.74, 6) is 0.831. The molecule has 0 unspecified atom stereocenters. The Labute approximate surface area is 135 Å². The minimum absolute atomic E-state index is 0.0556. The molecule has 0 atom stereocenters. The molecule has 0 spiro atoms. The lowest BCUT2D eigenvalue weighted by Gasteiger charge is -2.12. The van der Waals surface area contributed by atoms with Crippen LogP contribution in [0.15, 0.2) is 29.2 Å². The topological polar surface area (TPSA) is 98.0 Å². The Bertz CT molecular complexity index is 731. The van der Waals surface area contributed by atoms with Gasteiger partial charge in [0.1, 0.15) is 5.82 Å². The summed E-state index contributed by atoms with van der Waals surface area (Å²) in [5, 5.41) is 9.10. The lowest BCUT2D eigenvalue weighted by atomic mass is 9.96. The van der Waals surface area contributed by atoms with Crippen molar-refractivity contribution in [2.24, 2.45) is 5.14 Å². The Balaban J connectivity index is 1.90. The second kappa shape index (κ2) is 6.31. The second-order valence-corrected chi connectivity index (χ2v) is 8.35. The molecule has 0 fully saturated rings. The van der Waals surface area contributed by atoms with Gasteiger partial charge in [0.25, 0.3) is 0 Å². The van der Waals surface area contributed by atoms with Crippen LogP contribution in [0.5, 0.6) is 0 Å². The van der Waals surface area contributed by atoms with E-state index in [1.165, 1.54) is 23.7 Å². The molecular weight excluding hydrogens is 320 g/mol. The molecule has 22 heavy (non-hydrogen) atoms. The Kier molecular flexibility index (Phi) is 4.84. The summed E-state index contributed by atoms with van der Waals surface area (Å²) in [6.07, 6.45) is 0.759. The van der Waals surface area contributed by atoms with Gasteiger partial charge in [0.2, 0.25) is 15.2 Å². The average Bonchev–Trinajstić information content (AvgIpc) is 2.87. The van der Waals surface area contributed by atoms with Crippen LogP contribution in [-0.4, -0.2) is 24.3 Å². The summed E-state index contributed by atoms with van der Waals surface area (Å²) in [6, 6.07) is 6.57. The van der Waals surface area contributed by atoms with E-state index in [0.29, 0.717) is 6.54 Å². The quantitative estimate of drug-likeness (QED) is 0.869. The van der Waals surface area contributed by atoms with Crippen LogP contribution in [-0.2, 0) is 21.9 Å². The Morgan fingerprint density at radius 3 is 2.36 bits per heavy atom. The molecule has 0 aliphatic carbocycles. The summed E-state index contributed by atoms with van der Waals surface area (Å²) in [6.45, 7) is 6.93. The Morgan fingerprint density at radius 2 is 1.86 bits per heavy atom. The largest absolute Gasteiger partial charge is 0.360 e. The third-order valence-electron chi connectivity index (χ3n) is 3.04. The zero-order chi connectivity index (χ0) is 16.4. The van der Waals surface area contributed by atoms with Crippen LogP contribution in [0, 0.1) is 0 Å². The van der Waals surface area contributed by atoms with Crippen molar-refractivity contribution in [3.05, 3.63) is 35.7 Å². The number of sulfonamides is 1. The minimum atomic E-state index is -3.63. The third-order valence-corrected chi connectivity index (χ3v) is 4.64. The predicted octanol–water partition coefficient (Wildman–Crippen LogP) is 2.14. The fourth-order valence-corrected chi connectivity index (χ4v) is 3.06. The Morgan fingerprint density at radius 1 is 1.23 bits per heavy atom. The van der Waals surface area contributed by atoms with Gasteiger partial charge in [-0.05, 0) is 24.1 Å². The standard InChI is InChI=1S/C14H20N4O2S2/c1-14(2,3)12-17-13(21-18-12)16-9-8-10-4-6-11(7-5-10)22(15,19)20/h4-7H,8-9H2,1-3H3,(H2,15,19,20)(H,16,17,18). The lowest BCUT2D eigenvalue weighted by Crippen LogP contribution is -2.13. The van der Waals surface area contributed by atoms with Crippen LogP contribution in [0.4, 0.5) is 5.13 Å². The second-order valence-electron chi connectivity index (χ2n) is 6.04. The number of nitrogens with zero attached hydrogens (tertiary/aromatic N) is 2. The van der Waals surface area contributed by atoms with Gasteiger partial charge in [-0.1, -0.05) is 32.9 Å². The van der Waals surface area contributed by atoms with E-state index < -0.39 is 10.0 Å². The van der Waals surface area contributed by atoms with E-state index in [1.54, 1.807) is 12.1 Å². The van der Waals surface area contributed by atoms with Crippen LogP contribution in [0.2, 0.25) is 0 Å². The van der Waals surface area contributed by atoms with Gasteiger partial charge in [0.05, 0.1) is 4.90 Å². The van der Waals surface area contributed by atoms with Gasteiger partial charge >= 0.3 is 0 Å². The van der Waals surface area contributed by atoms with Crippen molar-refractivity contribution in [1.82, 2.24) is 9.36 Å². The smallest absolute Gasteiger partial charge is 0.238 e. The molecule has 1 aromatic carbocycles. The van der Waals surface area contributed by atoms with E-state index in [1.807, 2.05) is 0 Å². The van der Waals surface area contributed by atoms with E-state index in [2.05, 4.69) is 35.4 Å². The molecule has 1 heterocycles. The van der Waals surface area contributed by atoms with Gasteiger partial charge < -0.3 is 5.32 Å². The molecule has 120 valence electrons. The highest BCUT2D eigenvalue weighted by Crippen LogP contribution is 2.22. The molecule has 0 aliphatic heterocycles. The van der Waals surface area contributed by atoms with Crippen molar-refractivity contribution >= 4 is 26.7 Å². The van der Waals surface area contributed by atoms with E-state index in [-0.39, 0.29) is 10.3 Å². The monoisotopic (exact) mass is 340 g/mol. The van der Waals surface area contributed by atoms with Gasteiger partial charge in [-0.2, -0.15) is 4.37 Å². The van der Waals surface area contributed by atoms with Crippen LogP contribution in [0.25, 0.3) is 0 Å². The first-order chi connectivity index (χ1) is 10.2.